The Kier molecular flexibility index (Phi) is 14.4. The fraction of sp³-hybridized carbons (Fsp3) is 0.759. The molecule has 0 saturated carbocycles. The molecule has 10 atom stereocenters. The Labute approximate surface area is 237 Å². The van der Waals surface area contributed by atoms with Gasteiger partial charge in [0.1, 0.15) is 36.6 Å². The third-order valence-corrected chi connectivity index (χ3v) is 6.99. The second-order valence-corrected chi connectivity index (χ2v) is 10.9. The summed E-state index contributed by atoms with van der Waals surface area (Å²) in [5, 5.41) is 51.6. The van der Waals surface area contributed by atoms with Crippen LogP contribution < -0.4 is 0 Å². The molecule has 2 rings (SSSR count). The van der Waals surface area contributed by atoms with E-state index in [2.05, 4.69) is 32.9 Å². The van der Waals surface area contributed by atoms with Gasteiger partial charge in [-0.05, 0) is 60.3 Å². The van der Waals surface area contributed by atoms with Crippen LogP contribution in [-0.2, 0) is 28.5 Å². The molecule has 10 unspecified atom stereocenters. The highest BCUT2D eigenvalue weighted by atomic mass is 16.7. The predicted octanol–water partition coefficient (Wildman–Crippen LogP) is 1.64. The molecule has 2 fully saturated rings. The Morgan fingerprint density at radius 3 is 1.98 bits per heavy atom. The predicted molar refractivity (Wildman–Crippen MR) is 146 cm³/mol. The summed E-state index contributed by atoms with van der Waals surface area (Å²) in [5.74, 6) is -0.710. The van der Waals surface area contributed by atoms with Crippen molar-refractivity contribution in [3.8, 4) is 0 Å². The van der Waals surface area contributed by atoms with Gasteiger partial charge in [0.2, 0.25) is 0 Å². The van der Waals surface area contributed by atoms with Crippen molar-refractivity contribution in [2.45, 2.75) is 129 Å². The van der Waals surface area contributed by atoms with Crippen LogP contribution in [0.25, 0.3) is 0 Å². The monoisotopic (exact) mass is 572 g/mol. The Hall–Kier alpha value is -1.67. The molecule has 2 saturated heterocycles. The van der Waals surface area contributed by atoms with Crippen LogP contribution in [-0.4, -0.2) is 106 Å². The van der Waals surface area contributed by atoms with Crippen molar-refractivity contribution in [1.82, 2.24) is 0 Å². The maximum Gasteiger partial charge on any atom is 0.303 e. The number of aliphatic hydroxyl groups excluding tert-OH is 5. The number of aliphatic hydroxyl groups is 5. The maximum absolute atomic E-state index is 11.5. The summed E-state index contributed by atoms with van der Waals surface area (Å²) in [6.45, 7) is 10.7. The maximum atomic E-state index is 11.5. The Balaban J connectivity index is 1.89. The molecule has 0 aliphatic carbocycles. The second kappa shape index (κ2) is 16.7. The molecule has 0 aromatic carbocycles. The topological polar surface area (TPSA) is 164 Å². The molecule has 0 radical (unpaired) electrons. The van der Waals surface area contributed by atoms with Gasteiger partial charge in [-0.3, -0.25) is 4.79 Å². The third-order valence-electron chi connectivity index (χ3n) is 6.99. The average molecular weight is 573 g/mol. The van der Waals surface area contributed by atoms with Gasteiger partial charge in [-0.2, -0.15) is 0 Å². The zero-order chi connectivity index (χ0) is 30.0. The van der Waals surface area contributed by atoms with Gasteiger partial charge in [0.05, 0.1) is 19.3 Å². The first-order valence-electron chi connectivity index (χ1n) is 13.9. The number of carbonyl (C=O) groups excluding carboxylic acids is 1. The van der Waals surface area contributed by atoms with Gasteiger partial charge < -0.3 is 49.2 Å². The number of carbonyl (C=O) groups is 1. The number of allylic oxidation sites excluding steroid dienone is 5. The van der Waals surface area contributed by atoms with E-state index in [0.717, 1.165) is 38.2 Å². The molecule has 11 nitrogen and oxygen atoms in total. The fourth-order valence-electron chi connectivity index (χ4n) is 4.46. The lowest BCUT2D eigenvalue weighted by Gasteiger charge is -2.43. The molecule has 0 aromatic heterocycles. The molecule has 0 bridgehead atoms. The van der Waals surface area contributed by atoms with Crippen molar-refractivity contribution < 1.29 is 54.0 Å². The van der Waals surface area contributed by atoms with E-state index in [1.165, 1.54) is 18.1 Å². The normalized spacial score (nSPS) is 35.4. The molecule has 0 spiro atoms. The summed E-state index contributed by atoms with van der Waals surface area (Å²) in [7, 11) is 0. The first-order chi connectivity index (χ1) is 18.8. The van der Waals surface area contributed by atoms with Crippen LogP contribution in [0.2, 0.25) is 0 Å². The van der Waals surface area contributed by atoms with E-state index in [9.17, 15) is 30.3 Å². The smallest absolute Gasteiger partial charge is 0.303 e. The molecule has 2 aliphatic rings. The van der Waals surface area contributed by atoms with Crippen LogP contribution in [0.1, 0.15) is 67.2 Å². The van der Waals surface area contributed by atoms with Gasteiger partial charge in [0.25, 0.3) is 0 Å². The molecular formula is C29H48O11. The summed E-state index contributed by atoms with van der Waals surface area (Å²) in [5.41, 5.74) is 3.76. The number of esters is 1. The molecule has 11 heteroatoms. The lowest BCUT2D eigenvalue weighted by molar-refractivity contribution is -0.327. The van der Waals surface area contributed by atoms with Crippen LogP contribution >= 0.6 is 0 Å². The molecular weight excluding hydrogens is 524 g/mol. The molecule has 2 aliphatic heterocycles. The number of rotatable bonds is 13. The zero-order valence-corrected chi connectivity index (χ0v) is 24.4. The largest absolute Gasteiger partial charge is 0.454 e. The lowest BCUT2D eigenvalue weighted by atomic mass is 9.98. The lowest BCUT2D eigenvalue weighted by Crippen LogP contribution is -2.61. The first kappa shape index (κ1) is 34.5. The van der Waals surface area contributed by atoms with Crippen LogP contribution in [0.3, 0.4) is 0 Å². The van der Waals surface area contributed by atoms with E-state index in [4.69, 9.17) is 23.7 Å². The van der Waals surface area contributed by atoms with Crippen LogP contribution in [0.4, 0.5) is 0 Å². The van der Waals surface area contributed by atoms with Gasteiger partial charge in [0.15, 0.2) is 18.7 Å². The third kappa shape index (κ3) is 10.6. The minimum atomic E-state index is -1.57. The Bertz CT molecular complexity index is 881. The van der Waals surface area contributed by atoms with E-state index in [0.29, 0.717) is 0 Å². The summed E-state index contributed by atoms with van der Waals surface area (Å²) in [6.07, 6.45) is -2.99. The molecule has 2 heterocycles. The SMILES string of the molecule is CC(=O)OC1C(OCC2OC(OCC=C(C)CCC=C(C)CCC=C(C)C)C(O)C(O)C2O)OC(C)C(O)C1O. The van der Waals surface area contributed by atoms with Crippen LogP contribution in [0, 0.1) is 0 Å². The summed E-state index contributed by atoms with van der Waals surface area (Å²) in [6, 6.07) is 0. The minimum absolute atomic E-state index is 0.120. The van der Waals surface area contributed by atoms with Crippen molar-refractivity contribution in [2.75, 3.05) is 13.2 Å². The van der Waals surface area contributed by atoms with Crippen LogP contribution in [0.15, 0.2) is 34.9 Å². The van der Waals surface area contributed by atoms with E-state index < -0.39 is 67.4 Å². The average Bonchev–Trinajstić information content (AvgIpc) is 2.88. The van der Waals surface area contributed by atoms with E-state index in [1.54, 1.807) is 0 Å². The van der Waals surface area contributed by atoms with Gasteiger partial charge in [-0.15, -0.1) is 0 Å². The van der Waals surface area contributed by atoms with Crippen molar-refractivity contribution in [3.05, 3.63) is 34.9 Å². The summed E-state index contributed by atoms with van der Waals surface area (Å²) < 4.78 is 27.6. The van der Waals surface area contributed by atoms with E-state index in [1.807, 2.05) is 13.0 Å². The number of hydrogen-bond donors (Lipinski definition) is 5. The molecule has 40 heavy (non-hydrogen) atoms. The van der Waals surface area contributed by atoms with E-state index in [-0.39, 0.29) is 13.2 Å². The number of hydrogen-bond acceptors (Lipinski definition) is 11. The van der Waals surface area contributed by atoms with Crippen molar-refractivity contribution >= 4 is 5.97 Å². The van der Waals surface area contributed by atoms with Crippen molar-refractivity contribution in [3.63, 3.8) is 0 Å². The van der Waals surface area contributed by atoms with Gasteiger partial charge >= 0.3 is 5.97 Å². The minimum Gasteiger partial charge on any atom is -0.454 e. The summed E-state index contributed by atoms with van der Waals surface area (Å²) in [4.78, 5) is 11.5. The van der Waals surface area contributed by atoms with Crippen LogP contribution in [0.5, 0.6) is 0 Å². The van der Waals surface area contributed by atoms with Crippen molar-refractivity contribution in [2.24, 2.45) is 0 Å². The van der Waals surface area contributed by atoms with Gasteiger partial charge in [-0.1, -0.05) is 34.9 Å². The molecule has 5 N–H and O–H groups in total. The highest BCUT2D eigenvalue weighted by Gasteiger charge is 2.48. The second-order valence-electron chi connectivity index (χ2n) is 10.9. The fourth-order valence-corrected chi connectivity index (χ4v) is 4.46. The standard InChI is InChI=1S/C29H48O11/c1-16(2)9-7-10-17(3)11-8-12-18(4)13-14-36-28-26(35)24(33)23(32)21(40-28)15-37-29-27(39-20(6)30)25(34)22(31)19(5)38-29/h9,11,13,19,21-29,31-35H,7-8,10,12,14-15H2,1-6H3. The first-order valence-corrected chi connectivity index (χ1v) is 13.9. The molecule has 0 amide bonds. The Morgan fingerprint density at radius 2 is 1.35 bits per heavy atom. The molecule has 0 aromatic rings. The molecule has 230 valence electrons. The highest BCUT2D eigenvalue weighted by Crippen LogP contribution is 2.27. The highest BCUT2D eigenvalue weighted by molar-refractivity contribution is 5.66. The van der Waals surface area contributed by atoms with Gasteiger partial charge in [0, 0.05) is 6.92 Å². The van der Waals surface area contributed by atoms with Crippen molar-refractivity contribution in [1.29, 1.82) is 0 Å². The van der Waals surface area contributed by atoms with Gasteiger partial charge in [-0.25, -0.2) is 0 Å². The number of ether oxygens (including phenoxy) is 5. The Morgan fingerprint density at radius 1 is 0.725 bits per heavy atom. The van der Waals surface area contributed by atoms with E-state index >= 15 is 0 Å². The zero-order valence-electron chi connectivity index (χ0n) is 24.4. The summed E-state index contributed by atoms with van der Waals surface area (Å²) >= 11 is 0. The quantitative estimate of drug-likeness (QED) is 0.161.